The van der Waals surface area contributed by atoms with E-state index in [0.717, 1.165) is 32.1 Å². The molecule has 0 nitrogen and oxygen atoms in total. The highest BCUT2D eigenvalue weighted by Gasteiger charge is 1.83. The van der Waals surface area contributed by atoms with Crippen molar-refractivity contribution < 1.29 is 0 Å². The first-order valence-electron chi connectivity index (χ1n) is 9.16. The maximum absolute atomic E-state index is 2.33. The molecule has 124 valence electrons. The summed E-state index contributed by atoms with van der Waals surface area (Å²) in [5, 5.41) is 0. The van der Waals surface area contributed by atoms with Gasteiger partial charge in [0, 0.05) is 0 Å². The van der Waals surface area contributed by atoms with Crippen LogP contribution in [-0.4, -0.2) is 0 Å². The maximum atomic E-state index is 2.33. The van der Waals surface area contributed by atoms with Gasteiger partial charge in [0.1, 0.15) is 0 Å². The van der Waals surface area contributed by atoms with Crippen molar-refractivity contribution in [2.45, 2.75) is 78.1 Å². The first-order chi connectivity index (χ1) is 10.9. The summed E-state index contributed by atoms with van der Waals surface area (Å²) in [6.45, 7) is 4.43. The fraction of sp³-hybridized carbons (Fsp3) is 0.545. The molecule has 0 heterocycles. The van der Waals surface area contributed by atoms with E-state index in [0.29, 0.717) is 0 Å². The maximum Gasteiger partial charge on any atom is -0.0169 e. The highest BCUT2D eigenvalue weighted by Crippen LogP contribution is 2.03. The zero-order chi connectivity index (χ0) is 16.1. The van der Waals surface area contributed by atoms with E-state index >= 15 is 0 Å². The number of hydrogen-bond acceptors (Lipinski definition) is 0. The summed E-state index contributed by atoms with van der Waals surface area (Å²) in [5.41, 5.74) is 0. The van der Waals surface area contributed by atoms with E-state index in [1.165, 1.54) is 32.1 Å². The van der Waals surface area contributed by atoms with Crippen molar-refractivity contribution in [2.75, 3.05) is 0 Å². The smallest absolute Gasteiger partial charge is 0.0169 e. The Bertz CT molecular complexity index is 339. The second-order valence-electron chi connectivity index (χ2n) is 5.56. The number of hydrogen-bond donors (Lipinski definition) is 0. The first-order valence-corrected chi connectivity index (χ1v) is 9.16. The Kier molecular flexibility index (Phi) is 18.5. The second kappa shape index (κ2) is 19.7. The molecule has 0 aliphatic rings. The Morgan fingerprint density at radius 1 is 0.455 bits per heavy atom. The van der Waals surface area contributed by atoms with E-state index in [9.17, 15) is 0 Å². The predicted octanol–water partition coefficient (Wildman–Crippen LogP) is 7.71. The lowest BCUT2D eigenvalue weighted by Gasteiger charge is -1.93. The molecule has 0 atom stereocenters. The van der Waals surface area contributed by atoms with Crippen LogP contribution in [0.3, 0.4) is 0 Å². The van der Waals surface area contributed by atoms with Crippen molar-refractivity contribution in [3.05, 3.63) is 60.8 Å². The Hall–Kier alpha value is -1.30. The lowest BCUT2D eigenvalue weighted by molar-refractivity contribution is 0.674. The summed E-state index contributed by atoms with van der Waals surface area (Å²) in [5.74, 6) is 0. The number of allylic oxidation sites excluding steroid dienone is 10. The van der Waals surface area contributed by atoms with Gasteiger partial charge in [0.15, 0.2) is 0 Å². The molecule has 0 aromatic heterocycles. The Morgan fingerprint density at radius 2 is 0.909 bits per heavy atom. The van der Waals surface area contributed by atoms with Crippen molar-refractivity contribution in [2.24, 2.45) is 0 Å². The van der Waals surface area contributed by atoms with Gasteiger partial charge in [-0.05, 0) is 44.9 Å². The van der Waals surface area contributed by atoms with E-state index in [1.54, 1.807) is 0 Å². The molecule has 0 aromatic rings. The molecule has 0 fully saturated rings. The molecule has 0 bridgehead atoms. The van der Waals surface area contributed by atoms with Crippen LogP contribution in [0.2, 0.25) is 0 Å². The van der Waals surface area contributed by atoms with Crippen LogP contribution in [0.1, 0.15) is 78.1 Å². The van der Waals surface area contributed by atoms with Gasteiger partial charge in [0.25, 0.3) is 0 Å². The molecule has 0 unspecified atom stereocenters. The van der Waals surface area contributed by atoms with Crippen LogP contribution in [0, 0.1) is 0 Å². The highest BCUT2D eigenvalue weighted by atomic mass is 13.9. The Morgan fingerprint density at radius 3 is 1.36 bits per heavy atom. The molecule has 0 aromatic carbocycles. The normalized spacial score (nSPS) is 13.0. The molecule has 0 radical (unpaired) electrons. The van der Waals surface area contributed by atoms with Gasteiger partial charge in [-0.25, -0.2) is 0 Å². The zero-order valence-corrected chi connectivity index (χ0v) is 14.8. The summed E-state index contributed by atoms with van der Waals surface area (Å²) in [7, 11) is 0. The molecular formula is C22H36. The van der Waals surface area contributed by atoms with Crippen LogP contribution < -0.4 is 0 Å². The van der Waals surface area contributed by atoms with Gasteiger partial charge >= 0.3 is 0 Å². The minimum Gasteiger partial charge on any atom is -0.0885 e. The molecule has 0 heteroatoms. The van der Waals surface area contributed by atoms with Crippen molar-refractivity contribution in [1.82, 2.24) is 0 Å². The van der Waals surface area contributed by atoms with Gasteiger partial charge in [-0.2, -0.15) is 0 Å². The SMILES string of the molecule is CCC=CCC=CCC=CCC=CC/C=C\CCCCCC. The molecule has 0 spiro atoms. The summed E-state index contributed by atoms with van der Waals surface area (Å²) in [6, 6.07) is 0. The molecule has 0 N–H and O–H groups in total. The van der Waals surface area contributed by atoms with Crippen molar-refractivity contribution >= 4 is 0 Å². The van der Waals surface area contributed by atoms with Crippen LogP contribution in [0.25, 0.3) is 0 Å². The highest BCUT2D eigenvalue weighted by molar-refractivity contribution is 5.00. The van der Waals surface area contributed by atoms with Gasteiger partial charge < -0.3 is 0 Å². The van der Waals surface area contributed by atoms with E-state index < -0.39 is 0 Å². The van der Waals surface area contributed by atoms with E-state index in [-0.39, 0.29) is 0 Å². The van der Waals surface area contributed by atoms with Gasteiger partial charge in [0.05, 0.1) is 0 Å². The van der Waals surface area contributed by atoms with Gasteiger partial charge in [-0.15, -0.1) is 0 Å². The molecule has 0 rings (SSSR count). The molecule has 0 saturated heterocycles. The van der Waals surface area contributed by atoms with Gasteiger partial charge in [-0.3, -0.25) is 0 Å². The predicted molar refractivity (Wildman–Crippen MR) is 103 cm³/mol. The van der Waals surface area contributed by atoms with Crippen LogP contribution in [0.4, 0.5) is 0 Å². The second-order valence-corrected chi connectivity index (χ2v) is 5.56. The first kappa shape index (κ1) is 20.7. The average Bonchev–Trinajstić information content (AvgIpc) is 2.54. The Labute approximate surface area is 139 Å². The standard InChI is InChI=1S/C22H36/c1-3-5-7-9-11-13-15-17-19-21-22-20-18-16-14-12-10-8-6-4-2/h5,7,11,13-14,16-17,19-20,22H,3-4,6,8-10,12,15,18,21H2,1-2H3/b7-5?,13-11?,16-14-,19-17?,22-20?. The van der Waals surface area contributed by atoms with E-state index in [2.05, 4.69) is 74.6 Å². The van der Waals surface area contributed by atoms with Crippen LogP contribution in [-0.2, 0) is 0 Å². The van der Waals surface area contributed by atoms with Gasteiger partial charge in [-0.1, -0.05) is 93.9 Å². The summed E-state index contributed by atoms with van der Waals surface area (Å²) in [4.78, 5) is 0. The Balaban J connectivity index is 3.40. The number of unbranched alkanes of at least 4 members (excludes halogenated alkanes) is 4. The number of rotatable bonds is 14. The van der Waals surface area contributed by atoms with E-state index in [4.69, 9.17) is 0 Å². The minimum atomic E-state index is 1.05. The molecule has 0 saturated carbocycles. The molecule has 0 aliphatic heterocycles. The van der Waals surface area contributed by atoms with Crippen LogP contribution in [0.5, 0.6) is 0 Å². The zero-order valence-electron chi connectivity index (χ0n) is 14.8. The average molecular weight is 301 g/mol. The monoisotopic (exact) mass is 300 g/mol. The van der Waals surface area contributed by atoms with Crippen molar-refractivity contribution in [3.63, 3.8) is 0 Å². The van der Waals surface area contributed by atoms with E-state index in [1.807, 2.05) is 0 Å². The molecular weight excluding hydrogens is 264 g/mol. The fourth-order valence-corrected chi connectivity index (χ4v) is 2.06. The molecule has 0 amide bonds. The lowest BCUT2D eigenvalue weighted by Crippen LogP contribution is -1.73. The third kappa shape index (κ3) is 18.7. The summed E-state index contributed by atoms with van der Waals surface area (Å²) < 4.78 is 0. The molecule has 0 aliphatic carbocycles. The molecule has 22 heavy (non-hydrogen) atoms. The summed E-state index contributed by atoms with van der Waals surface area (Å²) >= 11 is 0. The minimum absolute atomic E-state index is 1.05. The fourth-order valence-electron chi connectivity index (χ4n) is 2.06. The van der Waals surface area contributed by atoms with Crippen LogP contribution >= 0.6 is 0 Å². The third-order valence-corrected chi connectivity index (χ3v) is 3.38. The lowest BCUT2D eigenvalue weighted by atomic mass is 10.1. The van der Waals surface area contributed by atoms with Gasteiger partial charge in [0.2, 0.25) is 0 Å². The quantitative estimate of drug-likeness (QED) is 0.227. The van der Waals surface area contributed by atoms with Crippen LogP contribution in [0.15, 0.2) is 60.8 Å². The summed E-state index contributed by atoms with van der Waals surface area (Å²) in [6.07, 6.45) is 34.6. The van der Waals surface area contributed by atoms with Crippen molar-refractivity contribution in [3.8, 4) is 0 Å². The third-order valence-electron chi connectivity index (χ3n) is 3.38. The topological polar surface area (TPSA) is 0 Å². The largest absolute Gasteiger partial charge is 0.0885 e. The van der Waals surface area contributed by atoms with Crippen molar-refractivity contribution in [1.29, 1.82) is 0 Å².